The highest BCUT2D eigenvalue weighted by molar-refractivity contribution is 9.10. The van der Waals surface area contributed by atoms with E-state index in [0.29, 0.717) is 18.1 Å². The molecule has 3 aromatic carbocycles. The van der Waals surface area contributed by atoms with Crippen molar-refractivity contribution in [2.45, 2.75) is 6.61 Å². The summed E-state index contributed by atoms with van der Waals surface area (Å²) in [6.07, 6.45) is 1.56. The number of methoxy groups -OCH3 is 1. The van der Waals surface area contributed by atoms with Gasteiger partial charge in [-0.25, -0.2) is 5.43 Å². The molecule has 6 nitrogen and oxygen atoms in total. The van der Waals surface area contributed by atoms with Crippen molar-refractivity contribution in [1.82, 2.24) is 5.43 Å². The molecule has 0 saturated carbocycles. The van der Waals surface area contributed by atoms with Crippen molar-refractivity contribution in [3.63, 3.8) is 0 Å². The number of ether oxygens (including phenoxy) is 2. The molecule has 0 unspecified atom stereocenters. The third-order valence-electron chi connectivity index (χ3n) is 4.13. The molecular formula is C23H22BrN3O3. The molecule has 0 radical (unpaired) electrons. The zero-order valence-corrected chi connectivity index (χ0v) is 18.1. The maximum absolute atomic E-state index is 11.9. The van der Waals surface area contributed by atoms with Crippen LogP contribution in [0.3, 0.4) is 0 Å². The summed E-state index contributed by atoms with van der Waals surface area (Å²) >= 11 is 3.37. The molecule has 2 N–H and O–H groups in total. The molecule has 0 aliphatic heterocycles. The molecule has 0 bridgehead atoms. The number of amides is 1. The van der Waals surface area contributed by atoms with Gasteiger partial charge in [-0.15, -0.1) is 0 Å². The minimum Gasteiger partial charge on any atom is -0.493 e. The summed E-state index contributed by atoms with van der Waals surface area (Å²) in [7, 11) is 1.58. The van der Waals surface area contributed by atoms with Gasteiger partial charge in [0.2, 0.25) is 0 Å². The second-order valence-electron chi connectivity index (χ2n) is 6.34. The zero-order valence-electron chi connectivity index (χ0n) is 16.5. The molecule has 0 aromatic heterocycles. The number of benzene rings is 3. The molecule has 0 saturated heterocycles. The maximum Gasteiger partial charge on any atom is 0.259 e. The molecule has 0 atom stereocenters. The number of hydrogen-bond donors (Lipinski definition) is 2. The van der Waals surface area contributed by atoms with E-state index in [-0.39, 0.29) is 12.5 Å². The van der Waals surface area contributed by atoms with Gasteiger partial charge in [-0.1, -0.05) is 46.3 Å². The summed E-state index contributed by atoms with van der Waals surface area (Å²) < 4.78 is 12.2. The summed E-state index contributed by atoms with van der Waals surface area (Å²) in [5.74, 6) is 0.989. The number of hydrogen-bond acceptors (Lipinski definition) is 5. The third kappa shape index (κ3) is 6.63. The van der Waals surface area contributed by atoms with Crippen LogP contribution >= 0.6 is 15.9 Å². The van der Waals surface area contributed by atoms with Gasteiger partial charge >= 0.3 is 0 Å². The fourth-order valence-electron chi connectivity index (χ4n) is 2.59. The Balaban J connectivity index is 1.50. The van der Waals surface area contributed by atoms with Gasteiger partial charge in [0, 0.05) is 10.2 Å². The summed E-state index contributed by atoms with van der Waals surface area (Å²) in [6, 6.07) is 22.9. The van der Waals surface area contributed by atoms with Crippen LogP contribution in [-0.2, 0) is 11.4 Å². The van der Waals surface area contributed by atoms with Crippen LogP contribution in [-0.4, -0.2) is 25.8 Å². The molecule has 0 heterocycles. The number of carbonyl (C=O) groups is 1. The first-order valence-corrected chi connectivity index (χ1v) is 10.1. The lowest BCUT2D eigenvalue weighted by Crippen LogP contribution is -2.25. The maximum atomic E-state index is 11.9. The van der Waals surface area contributed by atoms with Gasteiger partial charge in [-0.3, -0.25) is 4.79 Å². The first kappa shape index (κ1) is 21.4. The Morgan fingerprint density at radius 1 is 1.03 bits per heavy atom. The number of nitrogens with zero attached hydrogens (tertiary/aromatic N) is 1. The van der Waals surface area contributed by atoms with Gasteiger partial charge in [-0.05, 0) is 53.6 Å². The second-order valence-corrected chi connectivity index (χ2v) is 7.25. The SMILES string of the molecule is COc1cc(/C=N\NC(=O)CNc2ccc(Br)cc2)ccc1OCc1ccccc1. The molecule has 3 aromatic rings. The Hall–Kier alpha value is -3.32. The van der Waals surface area contributed by atoms with Crippen LogP contribution in [0.25, 0.3) is 0 Å². The lowest BCUT2D eigenvalue weighted by molar-refractivity contribution is -0.119. The van der Waals surface area contributed by atoms with Crippen molar-refractivity contribution in [1.29, 1.82) is 0 Å². The summed E-state index contributed by atoms with van der Waals surface area (Å²) in [5.41, 5.74) is 5.20. The average Bonchev–Trinajstić information content (AvgIpc) is 2.78. The number of nitrogens with one attached hydrogen (secondary N) is 2. The van der Waals surface area contributed by atoms with E-state index < -0.39 is 0 Å². The van der Waals surface area contributed by atoms with E-state index in [9.17, 15) is 4.79 Å². The molecule has 0 fully saturated rings. The quantitative estimate of drug-likeness (QED) is 0.356. The number of rotatable bonds is 9. The summed E-state index contributed by atoms with van der Waals surface area (Å²) in [4.78, 5) is 11.9. The smallest absolute Gasteiger partial charge is 0.259 e. The minimum atomic E-state index is -0.246. The fraction of sp³-hybridized carbons (Fsp3) is 0.130. The van der Waals surface area contributed by atoms with Crippen LogP contribution < -0.4 is 20.2 Å². The average molecular weight is 468 g/mol. The Bertz CT molecular complexity index is 992. The van der Waals surface area contributed by atoms with Crippen molar-refractivity contribution >= 4 is 33.7 Å². The first-order chi connectivity index (χ1) is 14.6. The standard InChI is InChI=1S/C23H22BrN3O3/c1-29-22-13-18(7-12-21(22)30-16-17-5-3-2-4-6-17)14-26-27-23(28)15-25-20-10-8-19(24)9-11-20/h2-14,25H,15-16H2,1H3,(H,27,28)/b26-14-. The topological polar surface area (TPSA) is 72.0 Å². The molecule has 7 heteroatoms. The second kappa shape index (κ2) is 11.0. The van der Waals surface area contributed by atoms with Gasteiger partial charge < -0.3 is 14.8 Å². The summed E-state index contributed by atoms with van der Waals surface area (Å²) in [6.45, 7) is 0.570. The minimum absolute atomic E-state index is 0.120. The van der Waals surface area contributed by atoms with Crippen molar-refractivity contribution in [2.24, 2.45) is 5.10 Å². The van der Waals surface area contributed by atoms with Crippen molar-refractivity contribution < 1.29 is 14.3 Å². The number of carbonyl (C=O) groups excluding carboxylic acids is 1. The van der Waals surface area contributed by atoms with E-state index in [1.807, 2.05) is 66.7 Å². The van der Waals surface area contributed by atoms with E-state index in [1.165, 1.54) is 0 Å². The van der Waals surface area contributed by atoms with Crippen LogP contribution in [0.4, 0.5) is 5.69 Å². The first-order valence-electron chi connectivity index (χ1n) is 9.30. The Kier molecular flexibility index (Phi) is 7.86. The van der Waals surface area contributed by atoms with Crippen LogP contribution in [0.1, 0.15) is 11.1 Å². The fourth-order valence-corrected chi connectivity index (χ4v) is 2.85. The normalized spacial score (nSPS) is 10.6. The predicted molar refractivity (Wildman–Crippen MR) is 122 cm³/mol. The van der Waals surface area contributed by atoms with Crippen molar-refractivity contribution in [3.8, 4) is 11.5 Å². The third-order valence-corrected chi connectivity index (χ3v) is 4.65. The van der Waals surface area contributed by atoms with E-state index in [1.54, 1.807) is 19.4 Å². The highest BCUT2D eigenvalue weighted by Gasteiger charge is 2.06. The highest BCUT2D eigenvalue weighted by Crippen LogP contribution is 2.28. The van der Waals surface area contributed by atoms with Crippen LogP contribution in [0.5, 0.6) is 11.5 Å². The lowest BCUT2D eigenvalue weighted by Gasteiger charge is -2.11. The van der Waals surface area contributed by atoms with Crippen molar-refractivity contribution in [2.75, 3.05) is 19.0 Å². The van der Waals surface area contributed by atoms with E-state index in [2.05, 4.69) is 31.8 Å². The molecule has 30 heavy (non-hydrogen) atoms. The Morgan fingerprint density at radius 2 is 1.80 bits per heavy atom. The highest BCUT2D eigenvalue weighted by atomic mass is 79.9. The molecule has 0 aliphatic rings. The molecule has 3 rings (SSSR count). The van der Waals surface area contributed by atoms with Crippen molar-refractivity contribution in [3.05, 3.63) is 88.4 Å². The Morgan fingerprint density at radius 3 is 2.53 bits per heavy atom. The molecular weight excluding hydrogens is 446 g/mol. The monoisotopic (exact) mass is 467 g/mol. The van der Waals surface area contributed by atoms with E-state index in [4.69, 9.17) is 9.47 Å². The molecule has 1 amide bonds. The van der Waals surface area contributed by atoms with E-state index >= 15 is 0 Å². The molecule has 0 aliphatic carbocycles. The van der Waals surface area contributed by atoms with Gasteiger partial charge in [-0.2, -0.15) is 5.10 Å². The Labute approximate surface area is 184 Å². The van der Waals surface area contributed by atoms with Crippen LogP contribution in [0.2, 0.25) is 0 Å². The van der Waals surface area contributed by atoms with Crippen LogP contribution in [0.15, 0.2) is 82.4 Å². The van der Waals surface area contributed by atoms with E-state index in [0.717, 1.165) is 21.3 Å². The number of hydrazone groups is 1. The summed E-state index contributed by atoms with van der Waals surface area (Å²) in [5, 5.41) is 7.03. The van der Waals surface area contributed by atoms with Gasteiger partial charge in [0.05, 0.1) is 19.9 Å². The van der Waals surface area contributed by atoms with Gasteiger partial charge in [0.1, 0.15) is 6.61 Å². The zero-order chi connectivity index (χ0) is 21.2. The van der Waals surface area contributed by atoms with Gasteiger partial charge in [0.15, 0.2) is 11.5 Å². The number of anilines is 1. The number of halogens is 1. The predicted octanol–water partition coefficient (Wildman–Crippen LogP) is 4.60. The molecule has 154 valence electrons. The largest absolute Gasteiger partial charge is 0.493 e. The lowest BCUT2D eigenvalue weighted by atomic mass is 10.2. The van der Waals surface area contributed by atoms with Gasteiger partial charge in [0.25, 0.3) is 5.91 Å². The van der Waals surface area contributed by atoms with Crippen LogP contribution in [0, 0.1) is 0 Å². The molecule has 0 spiro atoms.